The molecule has 0 aliphatic carbocycles. The van der Waals surface area contributed by atoms with Crippen molar-refractivity contribution in [3.8, 4) is 22.6 Å². The number of aromatic amines is 1. The van der Waals surface area contributed by atoms with Gasteiger partial charge in [0.05, 0.1) is 24.7 Å². The summed E-state index contributed by atoms with van der Waals surface area (Å²) in [6.45, 7) is 6.71. The van der Waals surface area contributed by atoms with E-state index in [-0.39, 0.29) is 0 Å². The molecule has 3 aromatic heterocycles. The Morgan fingerprint density at radius 3 is 2.86 bits per heavy atom. The topological polar surface area (TPSA) is 101 Å². The molecule has 0 atom stereocenters. The molecule has 0 bridgehead atoms. The molecule has 6 rings (SSSR count). The fourth-order valence-electron chi connectivity index (χ4n) is 4.64. The summed E-state index contributed by atoms with van der Waals surface area (Å²) in [6.07, 6.45) is 1.87. The molecule has 0 amide bonds. The van der Waals surface area contributed by atoms with Crippen molar-refractivity contribution < 1.29 is 9.47 Å². The van der Waals surface area contributed by atoms with Crippen LogP contribution in [-0.2, 0) is 6.54 Å². The summed E-state index contributed by atoms with van der Waals surface area (Å²) in [5.74, 6) is 4.02. The van der Waals surface area contributed by atoms with E-state index in [2.05, 4.69) is 48.4 Å². The summed E-state index contributed by atoms with van der Waals surface area (Å²) in [5.41, 5.74) is 5.65. The van der Waals surface area contributed by atoms with Crippen LogP contribution in [0.1, 0.15) is 18.3 Å². The number of aromatic nitrogens is 5. The van der Waals surface area contributed by atoms with Gasteiger partial charge in [-0.25, -0.2) is 15.0 Å². The Morgan fingerprint density at radius 2 is 2.00 bits per heavy atom. The first-order chi connectivity index (χ1) is 17.6. The highest BCUT2D eigenvalue weighted by molar-refractivity contribution is 5.90. The van der Waals surface area contributed by atoms with Crippen LogP contribution in [0, 0.1) is 6.92 Å². The maximum absolute atomic E-state index is 6.13. The molecule has 0 saturated carbocycles. The summed E-state index contributed by atoms with van der Waals surface area (Å²) in [6, 6.07) is 14.3. The van der Waals surface area contributed by atoms with E-state index in [1.165, 1.54) is 0 Å². The molecule has 2 aromatic carbocycles. The quantitative estimate of drug-likeness (QED) is 0.372. The molecule has 0 unspecified atom stereocenters. The van der Waals surface area contributed by atoms with E-state index in [0.29, 0.717) is 18.8 Å². The molecule has 1 aliphatic rings. The maximum atomic E-state index is 6.13. The molecule has 9 heteroatoms. The van der Waals surface area contributed by atoms with E-state index in [1.54, 1.807) is 7.11 Å². The lowest BCUT2D eigenvalue weighted by molar-refractivity contribution is 0.331. The lowest BCUT2D eigenvalue weighted by Crippen LogP contribution is -2.26. The first kappa shape index (κ1) is 22.1. The lowest BCUT2D eigenvalue weighted by atomic mass is 10.0. The minimum atomic E-state index is 0.571. The number of ether oxygens (including phenoxy) is 2. The Bertz CT molecular complexity index is 1580. The van der Waals surface area contributed by atoms with E-state index in [9.17, 15) is 0 Å². The van der Waals surface area contributed by atoms with Crippen molar-refractivity contribution in [3.63, 3.8) is 0 Å². The minimum absolute atomic E-state index is 0.571. The normalized spacial score (nSPS) is 13.4. The fourth-order valence-corrected chi connectivity index (χ4v) is 4.64. The van der Waals surface area contributed by atoms with Gasteiger partial charge in [0.25, 0.3) is 0 Å². The van der Waals surface area contributed by atoms with E-state index < -0.39 is 0 Å². The molecular formula is C27H27N7O2. The highest BCUT2D eigenvalue weighted by atomic mass is 16.5. The SMILES string of the molecule is CCNc1nc2ncc(-c3ccc4c(c3)CN(c3nc(C)nc5cc(OC)ccc35)CCO4)cc2[nH]1. The van der Waals surface area contributed by atoms with Gasteiger partial charge in [-0.2, -0.15) is 4.98 Å². The second kappa shape index (κ2) is 8.99. The third kappa shape index (κ3) is 4.02. The number of pyridine rings is 1. The number of methoxy groups -OCH3 is 1. The number of imidazole rings is 1. The van der Waals surface area contributed by atoms with Crippen molar-refractivity contribution in [3.05, 3.63) is 60.0 Å². The second-order valence-electron chi connectivity index (χ2n) is 8.78. The summed E-state index contributed by atoms with van der Waals surface area (Å²) in [4.78, 5) is 24.1. The number of nitrogens with zero attached hydrogens (tertiary/aromatic N) is 5. The van der Waals surface area contributed by atoms with Gasteiger partial charge < -0.3 is 24.7 Å². The Labute approximate surface area is 208 Å². The van der Waals surface area contributed by atoms with Gasteiger partial charge in [0.2, 0.25) is 5.95 Å². The van der Waals surface area contributed by atoms with Gasteiger partial charge in [-0.3, -0.25) is 0 Å². The Morgan fingerprint density at radius 1 is 1.08 bits per heavy atom. The predicted octanol–water partition coefficient (Wildman–Crippen LogP) is 4.72. The van der Waals surface area contributed by atoms with Crippen molar-refractivity contribution in [2.45, 2.75) is 20.4 Å². The van der Waals surface area contributed by atoms with E-state index in [4.69, 9.17) is 14.5 Å². The molecule has 0 radical (unpaired) electrons. The van der Waals surface area contributed by atoms with Gasteiger partial charge in [-0.15, -0.1) is 0 Å². The second-order valence-corrected chi connectivity index (χ2v) is 8.78. The minimum Gasteiger partial charge on any atom is -0.497 e. The maximum Gasteiger partial charge on any atom is 0.202 e. The zero-order valence-electron chi connectivity index (χ0n) is 20.5. The molecule has 182 valence electrons. The first-order valence-electron chi connectivity index (χ1n) is 12.0. The van der Waals surface area contributed by atoms with Crippen molar-refractivity contribution in [2.24, 2.45) is 0 Å². The lowest BCUT2D eigenvalue weighted by Gasteiger charge is -2.23. The van der Waals surface area contributed by atoms with E-state index in [1.807, 2.05) is 44.3 Å². The number of nitrogens with one attached hydrogen (secondary N) is 2. The predicted molar refractivity (Wildman–Crippen MR) is 141 cm³/mol. The van der Waals surface area contributed by atoms with Crippen LogP contribution in [0.3, 0.4) is 0 Å². The smallest absolute Gasteiger partial charge is 0.202 e. The highest BCUT2D eigenvalue weighted by Crippen LogP contribution is 2.34. The number of benzene rings is 2. The van der Waals surface area contributed by atoms with Crippen LogP contribution < -0.4 is 19.7 Å². The monoisotopic (exact) mass is 481 g/mol. The van der Waals surface area contributed by atoms with Crippen LogP contribution in [0.4, 0.5) is 11.8 Å². The van der Waals surface area contributed by atoms with Crippen molar-refractivity contribution in [2.75, 3.05) is 37.0 Å². The molecule has 4 heterocycles. The number of hydrogen-bond acceptors (Lipinski definition) is 8. The molecule has 36 heavy (non-hydrogen) atoms. The van der Waals surface area contributed by atoms with Crippen molar-refractivity contribution in [1.29, 1.82) is 0 Å². The van der Waals surface area contributed by atoms with Gasteiger partial charge in [-0.1, -0.05) is 6.07 Å². The Kier molecular flexibility index (Phi) is 5.52. The molecule has 0 saturated heterocycles. The molecule has 5 aromatic rings. The number of fused-ring (bicyclic) bond motifs is 3. The van der Waals surface area contributed by atoms with Gasteiger partial charge in [-0.05, 0) is 49.7 Å². The summed E-state index contributed by atoms with van der Waals surface area (Å²) >= 11 is 0. The first-order valence-corrected chi connectivity index (χ1v) is 12.0. The fraction of sp³-hybridized carbons (Fsp3) is 0.259. The zero-order chi connectivity index (χ0) is 24.6. The van der Waals surface area contributed by atoms with Crippen LogP contribution in [0.25, 0.3) is 33.2 Å². The molecule has 9 nitrogen and oxygen atoms in total. The van der Waals surface area contributed by atoms with Crippen LogP contribution in [0.5, 0.6) is 11.5 Å². The van der Waals surface area contributed by atoms with Crippen molar-refractivity contribution >= 4 is 33.8 Å². The van der Waals surface area contributed by atoms with Gasteiger partial charge >= 0.3 is 0 Å². The van der Waals surface area contributed by atoms with Crippen LogP contribution in [0.15, 0.2) is 48.7 Å². The average molecular weight is 482 g/mol. The summed E-state index contributed by atoms with van der Waals surface area (Å²) in [7, 11) is 1.66. The van der Waals surface area contributed by atoms with E-state index >= 15 is 0 Å². The third-order valence-corrected chi connectivity index (χ3v) is 6.35. The van der Waals surface area contributed by atoms with Crippen LogP contribution >= 0.6 is 0 Å². The molecule has 0 fully saturated rings. The number of rotatable bonds is 5. The number of anilines is 2. The Balaban J connectivity index is 1.36. The summed E-state index contributed by atoms with van der Waals surface area (Å²) in [5, 5.41) is 4.19. The van der Waals surface area contributed by atoms with Crippen LogP contribution in [-0.4, -0.2) is 51.7 Å². The number of aryl methyl sites for hydroxylation is 1. The number of hydrogen-bond donors (Lipinski definition) is 2. The zero-order valence-corrected chi connectivity index (χ0v) is 20.5. The van der Waals surface area contributed by atoms with E-state index in [0.717, 1.165) is 75.3 Å². The van der Waals surface area contributed by atoms with Crippen LogP contribution in [0.2, 0.25) is 0 Å². The molecule has 2 N–H and O–H groups in total. The number of H-pyrrole nitrogens is 1. The molecular weight excluding hydrogens is 454 g/mol. The Hall–Kier alpha value is -4.40. The largest absolute Gasteiger partial charge is 0.497 e. The summed E-state index contributed by atoms with van der Waals surface area (Å²) < 4.78 is 11.5. The molecule has 0 spiro atoms. The van der Waals surface area contributed by atoms with Gasteiger partial charge in [0, 0.05) is 41.9 Å². The standard InChI is InChI=1S/C27H27N7O2/c1-4-28-27-32-23-12-18(14-29-25(23)33-27)17-5-8-24-19(11-17)15-34(9-10-36-24)26-21-7-6-20(35-3)13-22(21)30-16(2)31-26/h5-8,11-14H,4,9-10,15H2,1-3H3,(H2,28,29,32,33). The average Bonchev–Trinajstić information content (AvgIpc) is 3.17. The van der Waals surface area contributed by atoms with Gasteiger partial charge in [0.15, 0.2) is 5.65 Å². The van der Waals surface area contributed by atoms with Gasteiger partial charge in [0.1, 0.15) is 29.7 Å². The highest BCUT2D eigenvalue weighted by Gasteiger charge is 2.20. The third-order valence-electron chi connectivity index (χ3n) is 6.35. The van der Waals surface area contributed by atoms with Crippen molar-refractivity contribution in [1.82, 2.24) is 24.9 Å². The molecule has 1 aliphatic heterocycles.